The van der Waals surface area contributed by atoms with Gasteiger partial charge in [0.05, 0.1) is 6.10 Å². The zero-order chi connectivity index (χ0) is 11.9. The molecule has 1 aromatic rings. The maximum atomic E-state index is 10.2. The lowest BCUT2D eigenvalue weighted by Gasteiger charge is -2.13. The molecule has 1 N–H and O–H groups in total. The van der Waals surface area contributed by atoms with Crippen molar-refractivity contribution in [3.05, 3.63) is 42.0 Å². The Labute approximate surface area is 108 Å². The van der Waals surface area contributed by atoms with E-state index in [0.29, 0.717) is 0 Å². The largest absolute Gasteiger partial charge is 0.388 e. The molecule has 17 heavy (non-hydrogen) atoms. The number of allylic oxidation sites excluding steroid dienone is 1. The Morgan fingerprint density at radius 3 is 2.76 bits per heavy atom. The minimum Gasteiger partial charge on any atom is -0.388 e. The van der Waals surface area contributed by atoms with Crippen LogP contribution in [0.3, 0.4) is 0 Å². The van der Waals surface area contributed by atoms with Crippen LogP contribution >= 0.6 is 11.8 Å². The van der Waals surface area contributed by atoms with Gasteiger partial charge in [-0.2, -0.15) is 0 Å². The van der Waals surface area contributed by atoms with Crippen LogP contribution in [-0.4, -0.2) is 17.0 Å². The highest BCUT2D eigenvalue weighted by atomic mass is 32.2. The van der Waals surface area contributed by atoms with E-state index < -0.39 is 0 Å². The van der Waals surface area contributed by atoms with E-state index >= 15 is 0 Å². The molecule has 0 heterocycles. The van der Waals surface area contributed by atoms with Crippen LogP contribution in [0.1, 0.15) is 32.1 Å². The van der Waals surface area contributed by atoms with Gasteiger partial charge in [-0.1, -0.05) is 30.7 Å². The summed E-state index contributed by atoms with van der Waals surface area (Å²) in [4.78, 5) is 1.24. The summed E-state index contributed by atoms with van der Waals surface area (Å²) in [5.74, 6) is 0.774. The Balaban J connectivity index is 1.84. The first-order valence-electron chi connectivity index (χ1n) is 6.41. The van der Waals surface area contributed by atoms with Crippen LogP contribution in [0.15, 0.2) is 46.9 Å². The molecule has 0 fully saturated rings. The molecule has 1 aromatic carbocycles. The molecule has 0 radical (unpaired) electrons. The van der Waals surface area contributed by atoms with Gasteiger partial charge in [0.2, 0.25) is 0 Å². The van der Waals surface area contributed by atoms with Gasteiger partial charge in [-0.15, -0.1) is 11.8 Å². The molecule has 0 bridgehead atoms. The van der Waals surface area contributed by atoms with Crippen molar-refractivity contribution >= 4 is 11.8 Å². The average Bonchev–Trinajstić information content (AvgIpc) is 2.66. The second-order valence-electron chi connectivity index (χ2n) is 4.52. The maximum absolute atomic E-state index is 10.2. The predicted octanol–water partition coefficient (Wildman–Crippen LogP) is 4.03. The van der Waals surface area contributed by atoms with Crippen LogP contribution in [0, 0.1) is 0 Å². The molecule has 0 aliphatic heterocycles. The number of aliphatic hydroxyl groups excluding tert-OH is 1. The van der Waals surface area contributed by atoms with Crippen LogP contribution in [-0.2, 0) is 0 Å². The highest BCUT2D eigenvalue weighted by Gasteiger charge is 2.12. The molecule has 1 aliphatic rings. The summed E-state index contributed by atoms with van der Waals surface area (Å²) >= 11 is 1.74. The van der Waals surface area contributed by atoms with Crippen LogP contribution in [0.4, 0.5) is 0 Å². The molecule has 2 heteroatoms. The predicted molar refractivity (Wildman–Crippen MR) is 74.3 cm³/mol. The molecule has 0 aromatic heterocycles. The standard InChI is InChI=1S/C15H20OS/c16-15(13-8-4-1-2-5-9-13)12-17-14-10-6-3-7-11-14/h3,6-8,10-11,15-16H,1-2,4-5,9,12H2. The van der Waals surface area contributed by atoms with Crippen LogP contribution in [0.2, 0.25) is 0 Å². The van der Waals surface area contributed by atoms with Gasteiger partial charge in [0.1, 0.15) is 0 Å². The molecule has 0 amide bonds. The van der Waals surface area contributed by atoms with E-state index in [1.165, 1.54) is 29.7 Å². The van der Waals surface area contributed by atoms with Gasteiger partial charge in [-0.05, 0) is 43.4 Å². The summed E-state index contributed by atoms with van der Waals surface area (Å²) in [5, 5.41) is 10.2. The third-order valence-electron chi connectivity index (χ3n) is 3.16. The SMILES string of the molecule is OC(CSc1ccccc1)C1=CCCCCC1. The molecular weight excluding hydrogens is 228 g/mol. The quantitative estimate of drug-likeness (QED) is 0.641. The smallest absolute Gasteiger partial charge is 0.0844 e. The summed E-state index contributed by atoms with van der Waals surface area (Å²) in [6.07, 6.45) is 8.03. The summed E-state index contributed by atoms with van der Waals surface area (Å²) in [5.41, 5.74) is 1.26. The fourth-order valence-electron chi connectivity index (χ4n) is 2.14. The lowest BCUT2D eigenvalue weighted by atomic mass is 10.1. The minimum atomic E-state index is -0.265. The molecule has 1 nitrogen and oxygen atoms in total. The van der Waals surface area contributed by atoms with Gasteiger partial charge in [0.15, 0.2) is 0 Å². The Hall–Kier alpha value is -0.730. The van der Waals surface area contributed by atoms with Crippen molar-refractivity contribution in [2.24, 2.45) is 0 Å². The fourth-order valence-corrected chi connectivity index (χ4v) is 3.06. The van der Waals surface area contributed by atoms with Crippen molar-refractivity contribution in [1.29, 1.82) is 0 Å². The monoisotopic (exact) mass is 248 g/mol. The molecule has 1 aliphatic carbocycles. The topological polar surface area (TPSA) is 20.2 Å². The summed E-state index contributed by atoms with van der Waals surface area (Å²) < 4.78 is 0. The summed E-state index contributed by atoms with van der Waals surface area (Å²) in [7, 11) is 0. The third-order valence-corrected chi connectivity index (χ3v) is 4.24. The first kappa shape index (κ1) is 12.7. The highest BCUT2D eigenvalue weighted by molar-refractivity contribution is 7.99. The number of hydrogen-bond acceptors (Lipinski definition) is 2. The summed E-state index contributed by atoms with van der Waals surface area (Å²) in [6, 6.07) is 10.3. The Morgan fingerprint density at radius 2 is 1.94 bits per heavy atom. The second kappa shape index (κ2) is 6.87. The first-order valence-corrected chi connectivity index (χ1v) is 7.39. The van der Waals surface area contributed by atoms with Gasteiger partial charge in [0.25, 0.3) is 0 Å². The van der Waals surface area contributed by atoms with Crippen LogP contribution < -0.4 is 0 Å². The zero-order valence-corrected chi connectivity index (χ0v) is 11.0. The van der Waals surface area contributed by atoms with E-state index in [1.54, 1.807) is 11.8 Å². The molecule has 2 rings (SSSR count). The lowest BCUT2D eigenvalue weighted by Crippen LogP contribution is -2.13. The van der Waals surface area contributed by atoms with Gasteiger partial charge >= 0.3 is 0 Å². The van der Waals surface area contributed by atoms with E-state index in [1.807, 2.05) is 18.2 Å². The Morgan fingerprint density at radius 1 is 1.12 bits per heavy atom. The molecule has 0 saturated carbocycles. The first-order chi connectivity index (χ1) is 8.36. The van der Waals surface area contributed by atoms with Gasteiger partial charge in [0, 0.05) is 10.6 Å². The zero-order valence-electron chi connectivity index (χ0n) is 10.1. The third kappa shape index (κ3) is 4.21. The number of hydrogen-bond donors (Lipinski definition) is 1. The van der Waals surface area contributed by atoms with E-state index in [-0.39, 0.29) is 6.10 Å². The minimum absolute atomic E-state index is 0.265. The number of aliphatic hydroxyl groups is 1. The molecule has 0 spiro atoms. The fraction of sp³-hybridized carbons (Fsp3) is 0.467. The van der Waals surface area contributed by atoms with Gasteiger partial charge < -0.3 is 5.11 Å². The van der Waals surface area contributed by atoms with Gasteiger partial charge in [-0.25, -0.2) is 0 Å². The van der Waals surface area contributed by atoms with Crippen molar-refractivity contribution in [2.45, 2.75) is 43.1 Å². The Bertz CT molecular complexity index is 358. The van der Waals surface area contributed by atoms with Crippen molar-refractivity contribution in [2.75, 3.05) is 5.75 Å². The number of thioether (sulfide) groups is 1. The van der Waals surface area contributed by atoms with E-state index in [4.69, 9.17) is 0 Å². The van der Waals surface area contributed by atoms with Crippen LogP contribution in [0.25, 0.3) is 0 Å². The lowest BCUT2D eigenvalue weighted by molar-refractivity contribution is 0.231. The summed E-state index contributed by atoms with van der Waals surface area (Å²) in [6.45, 7) is 0. The average molecular weight is 248 g/mol. The van der Waals surface area contributed by atoms with Crippen molar-refractivity contribution in [3.8, 4) is 0 Å². The van der Waals surface area contributed by atoms with E-state index in [2.05, 4.69) is 18.2 Å². The normalized spacial score (nSPS) is 18.3. The molecule has 1 unspecified atom stereocenters. The van der Waals surface area contributed by atoms with E-state index in [0.717, 1.165) is 18.6 Å². The molecule has 0 saturated heterocycles. The number of benzene rings is 1. The van der Waals surface area contributed by atoms with Crippen molar-refractivity contribution < 1.29 is 5.11 Å². The highest BCUT2D eigenvalue weighted by Crippen LogP contribution is 2.24. The molecule has 92 valence electrons. The Kier molecular flexibility index (Phi) is 5.14. The van der Waals surface area contributed by atoms with Gasteiger partial charge in [-0.3, -0.25) is 0 Å². The van der Waals surface area contributed by atoms with Crippen LogP contribution in [0.5, 0.6) is 0 Å². The van der Waals surface area contributed by atoms with Crippen molar-refractivity contribution in [3.63, 3.8) is 0 Å². The molecular formula is C15H20OS. The number of rotatable bonds is 4. The van der Waals surface area contributed by atoms with E-state index in [9.17, 15) is 5.11 Å². The second-order valence-corrected chi connectivity index (χ2v) is 5.61. The maximum Gasteiger partial charge on any atom is 0.0844 e. The molecule has 1 atom stereocenters. The van der Waals surface area contributed by atoms with Crippen molar-refractivity contribution in [1.82, 2.24) is 0 Å².